The number of benzene rings is 2. The lowest BCUT2D eigenvalue weighted by Gasteiger charge is -2.30. The Labute approximate surface area is 207 Å². The van der Waals surface area contributed by atoms with Crippen molar-refractivity contribution >= 4 is 16.1 Å². The molecule has 35 heavy (non-hydrogen) atoms. The van der Waals surface area contributed by atoms with Crippen LogP contribution in [0.25, 0.3) is 0 Å². The number of hydrogen-bond donors (Lipinski definition) is 1. The van der Waals surface area contributed by atoms with Crippen LogP contribution in [-0.2, 0) is 21.3 Å². The third-order valence-electron chi connectivity index (χ3n) is 5.84. The molecule has 2 aromatic rings. The maximum Gasteiger partial charge on any atom is 0.410 e. The molecule has 1 aliphatic heterocycles. The summed E-state index contributed by atoms with van der Waals surface area (Å²) in [5.41, 5.74) is 6.13. The Hall–Kier alpha value is -2.82. The van der Waals surface area contributed by atoms with E-state index in [1.807, 2.05) is 30.3 Å². The molecule has 2 N–H and O–H groups in total. The molecule has 2 aromatic carbocycles. The van der Waals surface area contributed by atoms with Crippen molar-refractivity contribution in [3.05, 3.63) is 54.1 Å². The SMILES string of the molecule is COc1ccc(OC)c(S(=O)(=O)N(Cc2ccccc2)[C@@H]2C[C@H](CN)N(C(=O)OC(C)(C)C)C2)c1. The van der Waals surface area contributed by atoms with Crippen molar-refractivity contribution in [2.24, 2.45) is 5.73 Å². The fraction of sp³-hybridized carbons (Fsp3) is 0.480. The van der Waals surface area contributed by atoms with Crippen molar-refractivity contribution in [1.82, 2.24) is 9.21 Å². The van der Waals surface area contributed by atoms with Crippen LogP contribution in [0.1, 0.15) is 32.8 Å². The van der Waals surface area contributed by atoms with Crippen molar-refractivity contribution in [2.75, 3.05) is 27.3 Å². The Balaban J connectivity index is 2.03. The minimum absolute atomic E-state index is 0.00435. The zero-order chi connectivity index (χ0) is 25.8. The normalized spacial score (nSPS) is 18.5. The minimum atomic E-state index is -4.07. The molecule has 0 unspecified atom stereocenters. The van der Waals surface area contributed by atoms with Gasteiger partial charge in [0.05, 0.1) is 14.2 Å². The first-order valence-corrected chi connectivity index (χ1v) is 12.9. The summed E-state index contributed by atoms with van der Waals surface area (Å²) in [6, 6.07) is 13.1. The van der Waals surface area contributed by atoms with Gasteiger partial charge in [-0.25, -0.2) is 13.2 Å². The first kappa shape index (κ1) is 26.8. The molecule has 0 bridgehead atoms. The molecule has 10 heteroatoms. The number of nitrogens with zero attached hydrogens (tertiary/aromatic N) is 2. The lowest BCUT2D eigenvalue weighted by molar-refractivity contribution is 0.0225. The number of nitrogens with two attached hydrogens (primary N) is 1. The number of carbonyl (C=O) groups excluding carboxylic acids is 1. The number of hydrogen-bond acceptors (Lipinski definition) is 7. The van der Waals surface area contributed by atoms with Gasteiger partial charge in [0, 0.05) is 37.8 Å². The van der Waals surface area contributed by atoms with Gasteiger partial charge in [0.25, 0.3) is 0 Å². The average Bonchev–Trinajstić information content (AvgIpc) is 3.26. The molecule has 2 atom stereocenters. The molecule has 3 rings (SSSR count). The second kappa shape index (κ2) is 10.8. The van der Waals surface area contributed by atoms with E-state index < -0.39 is 27.8 Å². The standard InChI is InChI=1S/C25H35N3O6S/c1-25(2,3)34-24(29)27-17-20(13-19(27)15-26)28(16-18-9-7-6-8-10-18)35(30,31)23-14-21(32-4)11-12-22(23)33-5/h6-12,14,19-20H,13,15-17,26H2,1-5H3/t19-,20-/m1/s1. The van der Waals surface area contributed by atoms with Crippen molar-refractivity contribution in [2.45, 2.75) is 56.3 Å². The van der Waals surface area contributed by atoms with E-state index in [0.717, 1.165) is 5.56 Å². The van der Waals surface area contributed by atoms with Crippen molar-refractivity contribution in [3.8, 4) is 11.5 Å². The lowest BCUT2D eigenvalue weighted by Crippen LogP contribution is -2.44. The van der Waals surface area contributed by atoms with Gasteiger partial charge < -0.3 is 24.8 Å². The molecular formula is C25H35N3O6S. The zero-order valence-corrected chi connectivity index (χ0v) is 21.7. The zero-order valence-electron chi connectivity index (χ0n) is 20.9. The van der Waals surface area contributed by atoms with Crippen LogP contribution in [0.3, 0.4) is 0 Å². The number of likely N-dealkylation sites (tertiary alicyclic amines) is 1. The van der Waals surface area contributed by atoms with Gasteiger partial charge >= 0.3 is 6.09 Å². The van der Waals surface area contributed by atoms with Gasteiger partial charge in [-0.3, -0.25) is 0 Å². The highest BCUT2D eigenvalue weighted by atomic mass is 32.2. The third-order valence-corrected chi connectivity index (χ3v) is 7.76. The topological polar surface area (TPSA) is 111 Å². The van der Waals surface area contributed by atoms with Gasteiger partial charge in [-0.15, -0.1) is 0 Å². The fourth-order valence-corrected chi connectivity index (χ4v) is 5.94. The van der Waals surface area contributed by atoms with E-state index in [1.54, 1.807) is 32.9 Å². The van der Waals surface area contributed by atoms with Crippen LogP contribution in [0.15, 0.2) is 53.4 Å². The second-order valence-electron chi connectivity index (χ2n) is 9.46. The van der Waals surface area contributed by atoms with Gasteiger partial charge in [-0.2, -0.15) is 4.31 Å². The van der Waals surface area contributed by atoms with Gasteiger partial charge in [0.15, 0.2) is 0 Å². The average molecular weight is 506 g/mol. The van der Waals surface area contributed by atoms with E-state index >= 15 is 0 Å². The summed E-state index contributed by atoms with van der Waals surface area (Å²) in [5, 5.41) is 0. The summed E-state index contributed by atoms with van der Waals surface area (Å²) in [6.07, 6.45) is -0.125. The van der Waals surface area contributed by atoms with Crippen LogP contribution >= 0.6 is 0 Å². The quantitative estimate of drug-likeness (QED) is 0.586. The molecule has 1 heterocycles. The number of ether oxygens (including phenoxy) is 3. The highest BCUT2D eigenvalue weighted by Crippen LogP contribution is 2.35. The molecule has 1 aliphatic rings. The largest absolute Gasteiger partial charge is 0.497 e. The molecule has 0 spiro atoms. The van der Waals surface area contributed by atoms with Crippen molar-refractivity contribution in [3.63, 3.8) is 0 Å². The number of carbonyl (C=O) groups is 1. The van der Waals surface area contributed by atoms with E-state index in [4.69, 9.17) is 19.9 Å². The first-order valence-electron chi connectivity index (χ1n) is 11.5. The molecule has 0 saturated carbocycles. The monoisotopic (exact) mass is 505 g/mol. The molecule has 0 aromatic heterocycles. The highest BCUT2D eigenvalue weighted by molar-refractivity contribution is 7.89. The Morgan fingerprint density at radius 3 is 2.37 bits per heavy atom. The maximum absolute atomic E-state index is 14.1. The van der Waals surface area contributed by atoms with Crippen LogP contribution in [0, 0.1) is 0 Å². The highest BCUT2D eigenvalue weighted by Gasteiger charge is 2.43. The van der Waals surface area contributed by atoms with E-state index in [-0.39, 0.29) is 36.3 Å². The third kappa shape index (κ3) is 6.25. The number of amides is 1. The fourth-order valence-electron chi connectivity index (χ4n) is 4.15. The Morgan fingerprint density at radius 1 is 1.11 bits per heavy atom. The van der Waals surface area contributed by atoms with Gasteiger partial charge in [0.2, 0.25) is 10.0 Å². The molecule has 1 fully saturated rings. The molecule has 192 valence electrons. The van der Waals surface area contributed by atoms with Crippen LogP contribution in [0.2, 0.25) is 0 Å². The summed E-state index contributed by atoms with van der Waals surface area (Å²) in [5.74, 6) is 0.604. The predicted octanol–water partition coefficient (Wildman–Crippen LogP) is 3.23. The Morgan fingerprint density at radius 2 is 1.80 bits per heavy atom. The number of rotatable bonds is 8. The van der Waals surface area contributed by atoms with Crippen molar-refractivity contribution < 1.29 is 27.4 Å². The van der Waals surface area contributed by atoms with Crippen LogP contribution in [0.5, 0.6) is 11.5 Å². The molecular weight excluding hydrogens is 470 g/mol. The summed E-state index contributed by atoms with van der Waals surface area (Å²) in [6.45, 7) is 5.84. The van der Waals surface area contributed by atoms with E-state index in [0.29, 0.717) is 12.2 Å². The molecule has 9 nitrogen and oxygen atoms in total. The second-order valence-corrected chi connectivity index (χ2v) is 11.3. The minimum Gasteiger partial charge on any atom is -0.497 e. The maximum atomic E-state index is 14.1. The van der Waals surface area contributed by atoms with E-state index in [9.17, 15) is 13.2 Å². The predicted molar refractivity (Wildman–Crippen MR) is 133 cm³/mol. The Bertz CT molecular complexity index is 1120. The van der Waals surface area contributed by atoms with Crippen molar-refractivity contribution in [1.29, 1.82) is 0 Å². The van der Waals surface area contributed by atoms with Gasteiger partial charge in [-0.05, 0) is 44.9 Å². The number of sulfonamides is 1. The van der Waals surface area contributed by atoms with Crippen LogP contribution in [-0.4, -0.2) is 68.7 Å². The van der Waals surface area contributed by atoms with E-state index in [1.165, 1.54) is 29.5 Å². The van der Waals surface area contributed by atoms with E-state index in [2.05, 4.69) is 0 Å². The van der Waals surface area contributed by atoms with Crippen LogP contribution < -0.4 is 15.2 Å². The summed E-state index contributed by atoms with van der Waals surface area (Å²) >= 11 is 0. The molecule has 1 saturated heterocycles. The molecule has 0 radical (unpaired) electrons. The van der Waals surface area contributed by atoms with Gasteiger partial charge in [-0.1, -0.05) is 30.3 Å². The first-order chi connectivity index (χ1) is 16.5. The lowest BCUT2D eigenvalue weighted by atomic mass is 10.1. The number of methoxy groups -OCH3 is 2. The van der Waals surface area contributed by atoms with Crippen LogP contribution in [0.4, 0.5) is 4.79 Å². The molecule has 0 aliphatic carbocycles. The Kier molecular flexibility index (Phi) is 8.30. The summed E-state index contributed by atoms with van der Waals surface area (Å²) < 4.78 is 45.8. The summed E-state index contributed by atoms with van der Waals surface area (Å²) in [4.78, 5) is 14.4. The summed E-state index contributed by atoms with van der Waals surface area (Å²) in [7, 11) is -1.17. The molecule has 1 amide bonds. The van der Waals surface area contributed by atoms with Gasteiger partial charge in [0.1, 0.15) is 22.0 Å². The smallest absolute Gasteiger partial charge is 0.410 e.